The van der Waals surface area contributed by atoms with Crippen LogP contribution in [0.15, 0.2) is 0 Å². The molecule has 0 rings (SSSR count). The molecular formula is C12H29CaNa. The molecule has 0 bridgehead atoms. The Labute approximate surface area is 148 Å². The summed E-state index contributed by atoms with van der Waals surface area (Å²) < 4.78 is 0. The normalized spacial score (nSPS) is 9.00. The summed E-state index contributed by atoms with van der Waals surface area (Å²) >= 11 is 0. The van der Waals surface area contributed by atoms with E-state index in [-0.39, 0.29) is 71.6 Å². The average molecular weight is 236 g/mol. The molecule has 0 saturated carbocycles. The van der Waals surface area contributed by atoms with Gasteiger partial charge in [-0.2, -0.15) is 0 Å². The smallest absolute Gasteiger partial charge is 1.00 e. The third-order valence-electron chi connectivity index (χ3n) is 2.46. The number of unbranched alkanes of at least 4 members (excludes halogenated alkanes) is 9. The Morgan fingerprint density at radius 1 is 0.571 bits per heavy atom. The van der Waals surface area contributed by atoms with Crippen molar-refractivity contribution in [3.63, 3.8) is 0 Å². The second-order valence-corrected chi connectivity index (χ2v) is 3.83. The Hall–Kier alpha value is 2.26. The Balaban J connectivity index is -0.0000000605. The molecule has 0 saturated heterocycles. The molecule has 0 aliphatic rings. The zero-order chi connectivity index (χ0) is 9.07. The van der Waals surface area contributed by atoms with Crippen molar-refractivity contribution in [3.8, 4) is 0 Å². The van der Waals surface area contributed by atoms with Gasteiger partial charge >= 0.3 is 67.3 Å². The molecule has 0 fully saturated rings. The monoisotopic (exact) mass is 236 g/mol. The largest absolute Gasteiger partial charge is 2.00 e. The van der Waals surface area contributed by atoms with E-state index < -0.39 is 0 Å². The summed E-state index contributed by atoms with van der Waals surface area (Å²) in [6.45, 7) is 4.56. The van der Waals surface area contributed by atoms with Gasteiger partial charge in [0.2, 0.25) is 0 Å². The Bertz CT molecular complexity index is 78.2. The van der Waals surface area contributed by atoms with Crippen molar-refractivity contribution in [2.75, 3.05) is 0 Å². The van der Waals surface area contributed by atoms with Gasteiger partial charge in [0.05, 0.1) is 0 Å². The predicted molar refractivity (Wildman–Crippen MR) is 66.6 cm³/mol. The summed E-state index contributed by atoms with van der Waals surface area (Å²) in [7, 11) is 0. The fourth-order valence-electron chi connectivity index (χ4n) is 1.56. The molecule has 0 unspecified atom stereocenters. The Morgan fingerprint density at radius 3 is 1.00 bits per heavy atom. The van der Waals surface area contributed by atoms with Gasteiger partial charge in [0, 0.05) is 0 Å². The van der Waals surface area contributed by atoms with Crippen LogP contribution in [0.5, 0.6) is 0 Å². The van der Waals surface area contributed by atoms with E-state index in [0.29, 0.717) is 0 Å². The van der Waals surface area contributed by atoms with E-state index in [1.54, 1.807) is 0 Å². The first-order valence-corrected chi connectivity index (χ1v) is 5.91. The van der Waals surface area contributed by atoms with E-state index in [9.17, 15) is 0 Å². The van der Waals surface area contributed by atoms with Gasteiger partial charge in [-0.05, 0) is 0 Å². The average Bonchev–Trinajstić information content (AvgIpc) is 2.10. The molecule has 0 spiro atoms. The number of rotatable bonds is 9. The zero-order valence-corrected chi connectivity index (χ0v) is 15.0. The van der Waals surface area contributed by atoms with Crippen molar-refractivity contribution in [1.29, 1.82) is 0 Å². The van der Waals surface area contributed by atoms with Crippen molar-refractivity contribution in [2.45, 2.75) is 78.1 Å². The summed E-state index contributed by atoms with van der Waals surface area (Å²) in [6, 6.07) is 0. The van der Waals surface area contributed by atoms with E-state index in [2.05, 4.69) is 13.8 Å². The molecule has 0 aliphatic carbocycles. The molecule has 0 heterocycles. The molecule has 14 heavy (non-hydrogen) atoms. The molecule has 0 atom stereocenters. The van der Waals surface area contributed by atoms with Crippen LogP contribution in [0.2, 0.25) is 0 Å². The molecule has 0 nitrogen and oxygen atoms in total. The fraction of sp³-hybridized carbons (Fsp3) is 1.00. The molecule has 0 N–H and O–H groups in total. The van der Waals surface area contributed by atoms with E-state index in [1.165, 1.54) is 64.2 Å². The molecule has 0 aromatic rings. The zero-order valence-electron chi connectivity index (χ0n) is 13.8. The Kier molecular flexibility index (Phi) is 31.8. The molecular weight excluding hydrogens is 207 g/mol. The minimum absolute atomic E-state index is 0. The van der Waals surface area contributed by atoms with Gasteiger partial charge in [0.25, 0.3) is 0 Å². The summed E-state index contributed by atoms with van der Waals surface area (Å²) in [6.07, 6.45) is 14.4. The molecule has 80 valence electrons. The summed E-state index contributed by atoms with van der Waals surface area (Å²) in [4.78, 5) is 0. The van der Waals surface area contributed by atoms with Crippen molar-refractivity contribution in [3.05, 3.63) is 0 Å². The van der Waals surface area contributed by atoms with Gasteiger partial charge < -0.3 is 4.28 Å². The first-order valence-electron chi connectivity index (χ1n) is 5.91. The standard InChI is InChI=1S/C12H26.Ca.Na.3H/c1-3-5-7-9-11-12-10-8-6-4-2;;;;;/h3-12H2,1-2H3;;;;;/q;+2;+1;3*-1. The van der Waals surface area contributed by atoms with Gasteiger partial charge in [-0.3, -0.25) is 0 Å². The first kappa shape index (κ1) is 21.5. The maximum absolute atomic E-state index is 2.28. The summed E-state index contributed by atoms with van der Waals surface area (Å²) in [5.41, 5.74) is 0. The number of hydrogen-bond acceptors (Lipinski definition) is 0. The van der Waals surface area contributed by atoms with E-state index in [1.807, 2.05) is 0 Å². The second-order valence-electron chi connectivity index (χ2n) is 3.83. The van der Waals surface area contributed by atoms with Gasteiger partial charge in [-0.1, -0.05) is 78.1 Å². The van der Waals surface area contributed by atoms with Crippen LogP contribution in [0.4, 0.5) is 0 Å². The van der Waals surface area contributed by atoms with E-state index in [0.717, 1.165) is 0 Å². The van der Waals surface area contributed by atoms with Crippen molar-refractivity contribution >= 4 is 37.7 Å². The predicted octanol–water partition coefficient (Wildman–Crippen LogP) is 1.89. The Morgan fingerprint density at radius 2 is 0.786 bits per heavy atom. The second kappa shape index (κ2) is 20.6. The van der Waals surface area contributed by atoms with Crippen LogP contribution in [-0.4, -0.2) is 37.7 Å². The maximum atomic E-state index is 2.28. The van der Waals surface area contributed by atoms with Crippen LogP contribution in [0.3, 0.4) is 0 Å². The third kappa shape index (κ3) is 19.8. The van der Waals surface area contributed by atoms with Gasteiger partial charge in [0.15, 0.2) is 0 Å². The van der Waals surface area contributed by atoms with Gasteiger partial charge in [-0.25, -0.2) is 0 Å². The van der Waals surface area contributed by atoms with Crippen LogP contribution in [0.1, 0.15) is 82.3 Å². The van der Waals surface area contributed by atoms with Crippen molar-refractivity contribution in [2.24, 2.45) is 0 Å². The van der Waals surface area contributed by atoms with E-state index >= 15 is 0 Å². The minimum atomic E-state index is 0. The molecule has 2 heteroatoms. The molecule has 0 amide bonds. The quantitative estimate of drug-likeness (QED) is 0.424. The van der Waals surface area contributed by atoms with E-state index in [4.69, 9.17) is 0 Å². The maximum Gasteiger partial charge on any atom is 2.00 e. The SMILES string of the molecule is CCCCCCCCCCCC.[Ca+2].[H-].[H-].[H-].[Na+]. The van der Waals surface area contributed by atoms with Crippen LogP contribution >= 0.6 is 0 Å². The third-order valence-corrected chi connectivity index (χ3v) is 2.46. The van der Waals surface area contributed by atoms with Crippen LogP contribution < -0.4 is 29.6 Å². The topological polar surface area (TPSA) is 0 Å². The van der Waals surface area contributed by atoms with Gasteiger partial charge in [0.1, 0.15) is 0 Å². The van der Waals surface area contributed by atoms with Crippen molar-refractivity contribution in [1.82, 2.24) is 0 Å². The molecule has 0 aliphatic heterocycles. The fourth-order valence-corrected chi connectivity index (χ4v) is 1.56. The van der Waals surface area contributed by atoms with Crippen LogP contribution in [-0.2, 0) is 0 Å². The molecule has 0 aromatic heterocycles. The molecule has 0 radical (unpaired) electrons. The summed E-state index contributed by atoms with van der Waals surface area (Å²) in [5, 5.41) is 0. The first-order chi connectivity index (χ1) is 5.91. The molecule has 0 aromatic carbocycles. The van der Waals surface area contributed by atoms with Crippen LogP contribution in [0, 0.1) is 0 Å². The summed E-state index contributed by atoms with van der Waals surface area (Å²) in [5.74, 6) is 0. The van der Waals surface area contributed by atoms with Crippen molar-refractivity contribution < 1.29 is 33.8 Å². The minimum Gasteiger partial charge on any atom is -1.00 e. The van der Waals surface area contributed by atoms with Crippen LogP contribution in [0.25, 0.3) is 0 Å². The van der Waals surface area contributed by atoms with Gasteiger partial charge in [-0.15, -0.1) is 0 Å². The number of hydrogen-bond donors (Lipinski definition) is 0.